The summed E-state index contributed by atoms with van der Waals surface area (Å²) in [4.78, 5) is 14.8. The van der Waals surface area contributed by atoms with Crippen molar-refractivity contribution in [1.82, 2.24) is 30.2 Å². The average Bonchev–Trinajstić information content (AvgIpc) is 2.88. The first-order valence-corrected chi connectivity index (χ1v) is 7.17. The SMILES string of the molecule is Cn1nnc([C@@H]2CC[C@@H]3CN2C(=O)N3OS(=O)(=O)[O-])n1.[Na+]. The van der Waals surface area contributed by atoms with Gasteiger partial charge >= 0.3 is 35.6 Å². The maximum atomic E-state index is 12.1. The van der Waals surface area contributed by atoms with Crippen LogP contribution in [0.25, 0.3) is 0 Å². The van der Waals surface area contributed by atoms with Crippen LogP contribution < -0.4 is 29.6 Å². The zero-order valence-corrected chi connectivity index (χ0v) is 14.2. The van der Waals surface area contributed by atoms with Crippen LogP contribution in [0, 0.1) is 0 Å². The fourth-order valence-corrected chi connectivity index (χ4v) is 2.91. The van der Waals surface area contributed by atoms with Gasteiger partial charge in [-0.25, -0.2) is 13.2 Å². The molecule has 2 bridgehead atoms. The molecule has 0 N–H and O–H groups in total. The molecule has 0 saturated carbocycles. The van der Waals surface area contributed by atoms with Gasteiger partial charge in [-0.05, 0) is 18.1 Å². The Balaban J connectivity index is 0.00000161. The predicted molar refractivity (Wildman–Crippen MR) is 59.3 cm³/mol. The maximum Gasteiger partial charge on any atom is 1.00 e. The van der Waals surface area contributed by atoms with Gasteiger partial charge in [-0.1, -0.05) is 0 Å². The van der Waals surface area contributed by atoms with Crippen molar-refractivity contribution in [2.45, 2.75) is 24.9 Å². The van der Waals surface area contributed by atoms with Crippen LogP contribution in [0.4, 0.5) is 4.79 Å². The van der Waals surface area contributed by atoms with Gasteiger partial charge in [0.05, 0.1) is 19.1 Å². The van der Waals surface area contributed by atoms with E-state index in [-0.39, 0.29) is 36.1 Å². The molecule has 0 aliphatic carbocycles. The Kier molecular flexibility index (Phi) is 4.56. The molecule has 11 nitrogen and oxygen atoms in total. The fraction of sp³-hybridized carbons (Fsp3) is 0.750. The Morgan fingerprint density at radius 1 is 1.38 bits per heavy atom. The molecule has 1 aromatic heterocycles. The molecule has 3 heterocycles. The smallest absolute Gasteiger partial charge is 0.724 e. The van der Waals surface area contributed by atoms with Gasteiger partial charge in [-0.3, -0.25) is 0 Å². The molecule has 0 radical (unpaired) electrons. The zero-order chi connectivity index (χ0) is 14.5. The van der Waals surface area contributed by atoms with Crippen LogP contribution in [0.15, 0.2) is 0 Å². The largest absolute Gasteiger partial charge is 1.00 e. The van der Waals surface area contributed by atoms with Gasteiger partial charge < -0.3 is 9.45 Å². The molecule has 1 aromatic rings. The molecule has 13 heteroatoms. The molecule has 0 unspecified atom stereocenters. The summed E-state index contributed by atoms with van der Waals surface area (Å²) in [5, 5.41) is 12.2. The van der Waals surface area contributed by atoms with Crippen molar-refractivity contribution >= 4 is 16.4 Å². The molecular formula is C8H11N6NaO5S. The number of urea groups is 1. The number of hydrogen-bond acceptors (Lipinski definition) is 8. The first-order chi connectivity index (χ1) is 9.35. The Bertz CT molecular complexity index is 649. The van der Waals surface area contributed by atoms with Gasteiger partial charge in [-0.2, -0.15) is 14.1 Å². The number of carbonyl (C=O) groups excluding carboxylic acids is 1. The van der Waals surface area contributed by atoms with Crippen molar-refractivity contribution in [1.29, 1.82) is 0 Å². The number of nitrogens with zero attached hydrogens (tertiary/aromatic N) is 6. The minimum Gasteiger partial charge on any atom is -0.724 e. The number of fused-ring (bicyclic) bond motifs is 2. The molecule has 110 valence electrons. The van der Waals surface area contributed by atoms with E-state index in [1.54, 1.807) is 7.05 Å². The standard InChI is InChI=1S/C8H12N6O5S.Na/c1-12-10-7(9-11-12)6-3-2-5-4-13(6)8(15)14(5)19-20(16,17)18;/h5-6H,2-4H2,1H3,(H,16,17,18);/q;+1/p-1/t5-,6+;/m1./s1. The van der Waals surface area contributed by atoms with Crippen LogP contribution in [-0.2, 0) is 21.7 Å². The molecule has 2 saturated heterocycles. The Labute approximate surface area is 142 Å². The second-order valence-corrected chi connectivity index (χ2v) is 5.59. The van der Waals surface area contributed by atoms with Crippen LogP contribution in [0.5, 0.6) is 0 Å². The molecule has 0 spiro atoms. The second kappa shape index (κ2) is 5.78. The van der Waals surface area contributed by atoms with Crippen LogP contribution in [0.1, 0.15) is 24.7 Å². The molecule has 3 rings (SSSR count). The van der Waals surface area contributed by atoms with E-state index in [2.05, 4.69) is 19.7 Å². The van der Waals surface area contributed by atoms with Crippen molar-refractivity contribution in [2.24, 2.45) is 7.05 Å². The Hall–Kier alpha value is -0.790. The third-order valence-electron chi connectivity index (χ3n) is 3.32. The molecular weight excluding hydrogens is 315 g/mol. The first kappa shape index (κ1) is 16.6. The summed E-state index contributed by atoms with van der Waals surface area (Å²) >= 11 is 0. The van der Waals surface area contributed by atoms with Crippen molar-refractivity contribution in [3.8, 4) is 0 Å². The van der Waals surface area contributed by atoms with E-state index in [4.69, 9.17) is 0 Å². The molecule has 21 heavy (non-hydrogen) atoms. The first-order valence-electron chi connectivity index (χ1n) is 5.84. The average molecular weight is 326 g/mol. The van der Waals surface area contributed by atoms with E-state index in [1.165, 1.54) is 9.70 Å². The number of piperidine rings is 1. The summed E-state index contributed by atoms with van der Waals surface area (Å²) < 4.78 is 36.2. The van der Waals surface area contributed by atoms with E-state index in [0.717, 1.165) is 0 Å². The van der Waals surface area contributed by atoms with E-state index in [9.17, 15) is 17.8 Å². The molecule has 2 fully saturated rings. The van der Waals surface area contributed by atoms with Gasteiger partial charge in [0.15, 0.2) is 5.82 Å². The quantitative estimate of drug-likeness (QED) is 0.308. The number of hydrogen-bond donors (Lipinski definition) is 0. The van der Waals surface area contributed by atoms with E-state index in [1.807, 2.05) is 0 Å². The normalized spacial score (nSPS) is 25.1. The summed E-state index contributed by atoms with van der Waals surface area (Å²) in [7, 11) is -3.37. The molecule has 2 atom stereocenters. The van der Waals surface area contributed by atoms with E-state index in [0.29, 0.717) is 23.7 Å². The monoisotopic (exact) mass is 326 g/mol. The van der Waals surface area contributed by atoms with Crippen molar-refractivity contribution in [2.75, 3.05) is 6.54 Å². The Morgan fingerprint density at radius 3 is 2.67 bits per heavy atom. The van der Waals surface area contributed by atoms with Crippen molar-refractivity contribution in [3.05, 3.63) is 5.82 Å². The summed E-state index contributed by atoms with van der Waals surface area (Å²) in [6, 6.07) is -1.53. The van der Waals surface area contributed by atoms with Crippen molar-refractivity contribution < 1.29 is 51.6 Å². The molecule has 2 aliphatic heterocycles. The molecule has 2 amide bonds. The minimum atomic E-state index is -4.98. The summed E-state index contributed by atoms with van der Waals surface area (Å²) in [6.45, 7) is 0.261. The summed E-state index contributed by atoms with van der Waals surface area (Å²) in [5.74, 6) is 0.381. The minimum absolute atomic E-state index is 0. The van der Waals surface area contributed by atoms with E-state index < -0.39 is 28.5 Å². The second-order valence-electron chi connectivity index (χ2n) is 4.63. The number of amides is 2. The molecule has 2 aliphatic rings. The maximum absolute atomic E-state index is 12.1. The van der Waals surface area contributed by atoms with Crippen LogP contribution in [0.3, 0.4) is 0 Å². The molecule has 0 aromatic carbocycles. The van der Waals surface area contributed by atoms with Gasteiger partial charge in [0.1, 0.15) is 0 Å². The number of tetrazole rings is 1. The van der Waals surface area contributed by atoms with Gasteiger partial charge in [0, 0.05) is 6.54 Å². The van der Waals surface area contributed by atoms with Gasteiger partial charge in [0.2, 0.25) is 10.4 Å². The summed E-state index contributed by atoms with van der Waals surface area (Å²) in [6.07, 6.45) is 1.03. The zero-order valence-electron chi connectivity index (χ0n) is 11.4. The van der Waals surface area contributed by atoms with Crippen LogP contribution in [0.2, 0.25) is 0 Å². The number of hydroxylamine groups is 2. The number of rotatable bonds is 3. The number of aromatic nitrogens is 4. The van der Waals surface area contributed by atoms with Crippen LogP contribution in [-0.4, -0.2) is 61.8 Å². The topological polar surface area (TPSA) is 134 Å². The summed E-state index contributed by atoms with van der Waals surface area (Å²) in [5.41, 5.74) is 0. The number of carbonyl (C=O) groups is 1. The van der Waals surface area contributed by atoms with Gasteiger partial charge in [-0.15, -0.1) is 10.2 Å². The Morgan fingerprint density at radius 2 is 2.10 bits per heavy atom. The van der Waals surface area contributed by atoms with Crippen molar-refractivity contribution in [3.63, 3.8) is 0 Å². The fourth-order valence-electron chi connectivity index (χ4n) is 2.53. The third kappa shape index (κ3) is 3.19. The predicted octanol–water partition coefficient (Wildman–Crippen LogP) is -4.45. The van der Waals surface area contributed by atoms with Gasteiger partial charge in [0.25, 0.3) is 0 Å². The van der Waals surface area contributed by atoms with E-state index >= 15 is 0 Å². The number of aryl methyl sites for hydroxylation is 1. The van der Waals surface area contributed by atoms with Crippen LogP contribution >= 0.6 is 0 Å². The third-order valence-corrected chi connectivity index (χ3v) is 3.66.